The van der Waals surface area contributed by atoms with Crippen molar-refractivity contribution >= 4 is 22.8 Å². The SMILES string of the molecule is CN1Cc2cc(CNC(=O)Cc3noc4ccccc34)ccc2C1=O. The second-order valence-electron chi connectivity index (χ2n) is 6.23. The highest BCUT2D eigenvalue weighted by Crippen LogP contribution is 2.22. The molecule has 0 unspecified atom stereocenters. The number of hydrogen-bond donors (Lipinski definition) is 1. The van der Waals surface area contributed by atoms with E-state index in [4.69, 9.17) is 4.52 Å². The van der Waals surface area contributed by atoms with Gasteiger partial charge in [0.25, 0.3) is 5.91 Å². The Hall–Kier alpha value is -3.15. The van der Waals surface area contributed by atoms with Crippen LogP contribution in [0.2, 0.25) is 0 Å². The zero-order chi connectivity index (χ0) is 17.4. The zero-order valence-electron chi connectivity index (χ0n) is 13.8. The van der Waals surface area contributed by atoms with Crippen molar-refractivity contribution in [2.24, 2.45) is 0 Å². The van der Waals surface area contributed by atoms with Crippen molar-refractivity contribution < 1.29 is 14.1 Å². The number of carbonyl (C=O) groups excluding carboxylic acids is 2. The van der Waals surface area contributed by atoms with Gasteiger partial charge in [-0.05, 0) is 29.3 Å². The highest BCUT2D eigenvalue weighted by molar-refractivity contribution is 5.98. The molecule has 3 aromatic rings. The summed E-state index contributed by atoms with van der Waals surface area (Å²) in [5.41, 5.74) is 4.03. The quantitative estimate of drug-likeness (QED) is 0.794. The van der Waals surface area contributed by atoms with E-state index in [2.05, 4.69) is 10.5 Å². The number of rotatable bonds is 4. The van der Waals surface area contributed by atoms with Crippen LogP contribution in [0.25, 0.3) is 11.0 Å². The molecule has 1 aliphatic heterocycles. The van der Waals surface area contributed by atoms with Gasteiger partial charge in [0.2, 0.25) is 5.91 Å². The second kappa shape index (κ2) is 6.05. The lowest BCUT2D eigenvalue weighted by Crippen LogP contribution is -2.24. The van der Waals surface area contributed by atoms with Gasteiger partial charge in [-0.25, -0.2) is 0 Å². The Kier molecular flexibility index (Phi) is 3.72. The van der Waals surface area contributed by atoms with Crippen LogP contribution in [0.5, 0.6) is 0 Å². The van der Waals surface area contributed by atoms with Crippen LogP contribution >= 0.6 is 0 Å². The first-order chi connectivity index (χ1) is 12.1. The third-order valence-corrected chi connectivity index (χ3v) is 4.42. The van der Waals surface area contributed by atoms with E-state index in [-0.39, 0.29) is 18.2 Å². The molecule has 0 bridgehead atoms. The largest absolute Gasteiger partial charge is 0.356 e. The summed E-state index contributed by atoms with van der Waals surface area (Å²) in [7, 11) is 1.78. The van der Waals surface area contributed by atoms with E-state index in [0.717, 1.165) is 22.1 Å². The first kappa shape index (κ1) is 15.4. The summed E-state index contributed by atoms with van der Waals surface area (Å²) in [5.74, 6) is -0.0729. The van der Waals surface area contributed by atoms with E-state index in [1.165, 1.54) is 0 Å². The van der Waals surface area contributed by atoms with Gasteiger partial charge < -0.3 is 14.7 Å². The highest BCUT2D eigenvalue weighted by atomic mass is 16.5. The summed E-state index contributed by atoms with van der Waals surface area (Å²) in [6.07, 6.45) is 0.170. The first-order valence-electron chi connectivity index (χ1n) is 8.09. The van der Waals surface area contributed by atoms with Crippen molar-refractivity contribution in [1.82, 2.24) is 15.4 Å². The van der Waals surface area contributed by atoms with Crippen molar-refractivity contribution in [2.45, 2.75) is 19.5 Å². The molecule has 6 heteroatoms. The van der Waals surface area contributed by atoms with Gasteiger partial charge in [-0.3, -0.25) is 9.59 Å². The number of aromatic nitrogens is 1. The minimum atomic E-state index is -0.118. The Labute approximate surface area is 144 Å². The van der Waals surface area contributed by atoms with Crippen molar-refractivity contribution in [3.05, 3.63) is 64.8 Å². The van der Waals surface area contributed by atoms with Crippen LogP contribution in [0.3, 0.4) is 0 Å². The van der Waals surface area contributed by atoms with Gasteiger partial charge in [0.1, 0.15) is 5.69 Å². The number of nitrogens with one attached hydrogen (secondary N) is 1. The van der Waals surface area contributed by atoms with Crippen LogP contribution in [0, 0.1) is 0 Å². The predicted octanol–water partition coefficient (Wildman–Crippen LogP) is 2.27. The molecule has 0 spiro atoms. The van der Waals surface area contributed by atoms with Gasteiger partial charge in [0.05, 0.1) is 6.42 Å². The van der Waals surface area contributed by atoms with E-state index in [9.17, 15) is 9.59 Å². The van der Waals surface area contributed by atoms with E-state index in [1.54, 1.807) is 11.9 Å². The smallest absolute Gasteiger partial charge is 0.254 e. The molecule has 1 N–H and O–H groups in total. The van der Waals surface area contributed by atoms with Crippen molar-refractivity contribution in [1.29, 1.82) is 0 Å². The molecule has 2 heterocycles. The molecule has 1 aromatic heterocycles. The molecule has 2 aromatic carbocycles. The van der Waals surface area contributed by atoms with Crippen LogP contribution in [-0.2, 0) is 24.3 Å². The minimum Gasteiger partial charge on any atom is -0.356 e. The maximum absolute atomic E-state index is 12.2. The molecule has 126 valence electrons. The Bertz CT molecular complexity index is 977. The molecule has 1 aliphatic rings. The summed E-state index contributed by atoms with van der Waals surface area (Å²) >= 11 is 0. The second-order valence-corrected chi connectivity index (χ2v) is 6.23. The average molecular weight is 335 g/mol. The molecule has 2 amide bonds. The molecule has 0 aliphatic carbocycles. The summed E-state index contributed by atoms with van der Waals surface area (Å²) in [6.45, 7) is 1.03. The van der Waals surface area contributed by atoms with Crippen LogP contribution in [-0.4, -0.2) is 28.9 Å². The molecule has 0 radical (unpaired) electrons. The number of para-hydroxylation sites is 1. The molecule has 0 atom stereocenters. The molecule has 6 nitrogen and oxygen atoms in total. The average Bonchev–Trinajstić information content (AvgIpc) is 3.14. The fraction of sp³-hybridized carbons (Fsp3) is 0.211. The molecular formula is C19H17N3O3. The fourth-order valence-electron chi connectivity index (χ4n) is 3.11. The molecule has 25 heavy (non-hydrogen) atoms. The normalized spacial score (nSPS) is 13.3. The maximum atomic E-state index is 12.2. The third-order valence-electron chi connectivity index (χ3n) is 4.42. The van der Waals surface area contributed by atoms with Crippen LogP contribution in [0.1, 0.15) is 27.2 Å². The first-order valence-corrected chi connectivity index (χ1v) is 8.09. The summed E-state index contributed by atoms with van der Waals surface area (Å²) < 4.78 is 5.22. The Morgan fingerprint density at radius 1 is 1.28 bits per heavy atom. The summed E-state index contributed by atoms with van der Waals surface area (Å²) in [4.78, 5) is 25.8. The van der Waals surface area contributed by atoms with Gasteiger partial charge in [-0.1, -0.05) is 29.4 Å². The molecule has 0 saturated carbocycles. The van der Waals surface area contributed by atoms with E-state index < -0.39 is 0 Å². The predicted molar refractivity (Wildman–Crippen MR) is 91.8 cm³/mol. The van der Waals surface area contributed by atoms with E-state index >= 15 is 0 Å². The van der Waals surface area contributed by atoms with Crippen molar-refractivity contribution in [3.8, 4) is 0 Å². The Balaban J connectivity index is 1.41. The zero-order valence-corrected chi connectivity index (χ0v) is 13.8. The summed E-state index contributed by atoms with van der Waals surface area (Å²) in [5, 5.41) is 7.73. The number of fused-ring (bicyclic) bond motifs is 2. The van der Waals surface area contributed by atoms with E-state index in [1.807, 2.05) is 42.5 Å². The number of amides is 2. The standard InChI is InChI=1S/C19H17N3O3/c1-22-11-13-8-12(6-7-14(13)19(22)24)10-20-18(23)9-16-15-4-2-3-5-17(15)25-21-16/h2-8H,9-11H2,1H3,(H,20,23). The van der Waals surface area contributed by atoms with Gasteiger partial charge in [-0.15, -0.1) is 0 Å². The van der Waals surface area contributed by atoms with Gasteiger partial charge >= 0.3 is 0 Å². The maximum Gasteiger partial charge on any atom is 0.254 e. The van der Waals surface area contributed by atoms with Crippen LogP contribution < -0.4 is 5.32 Å². The van der Waals surface area contributed by atoms with Gasteiger partial charge in [0.15, 0.2) is 5.58 Å². The van der Waals surface area contributed by atoms with Crippen molar-refractivity contribution in [2.75, 3.05) is 7.05 Å². The molecule has 0 fully saturated rings. The monoisotopic (exact) mass is 335 g/mol. The lowest BCUT2D eigenvalue weighted by atomic mass is 10.1. The lowest BCUT2D eigenvalue weighted by molar-refractivity contribution is -0.120. The highest BCUT2D eigenvalue weighted by Gasteiger charge is 2.24. The van der Waals surface area contributed by atoms with Gasteiger partial charge in [0, 0.05) is 31.1 Å². The van der Waals surface area contributed by atoms with E-state index in [0.29, 0.717) is 24.4 Å². The van der Waals surface area contributed by atoms with Crippen LogP contribution in [0.15, 0.2) is 47.0 Å². The molecular weight excluding hydrogens is 318 g/mol. The number of hydrogen-bond acceptors (Lipinski definition) is 4. The lowest BCUT2D eigenvalue weighted by Gasteiger charge is -2.06. The van der Waals surface area contributed by atoms with Gasteiger partial charge in [-0.2, -0.15) is 0 Å². The number of nitrogens with zero attached hydrogens (tertiary/aromatic N) is 2. The Morgan fingerprint density at radius 3 is 3.00 bits per heavy atom. The van der Waals surface area contributed by atoms with Crippen LogP contribution in [0.4, 0.5) is 0 Å². The number of carbonyl (C=O) groups is 2. The Morgan fingerprint density at radius 2 is 2.12 bits per heavy atom. The topological polar surface area (TPSA) is 75.4 Å². The minimum absolute atomic E-state index is 0.0449. The third kappa shape index (κ3) is 2.87. The fourth-order valence-corrected chi connectivity index (χ4v) is 3.11. The van der Waals surface area contributed by atoms with Crippen molar-refractivity contribution in [3.63, 3.8) is 0 Å². The summed E-state index contributed by atoms with van der Waals surface area (Å²) in [6, 6.07) is 13.2. The number of benzene rings is 2. The molecule has 0 saturated heterocycles. The molecule has 4 rings (SSSR count).